The Bertz CT molecular complexity index is 193. The molecule has 0 spiro atoms. The second-order valence-electron chi connectivity index (χ2n) is 1.46. The molecule has 0 aromatic heterocycles. The first-order valence-corrected chi connectivity index (χ1v) is 2.51. The van der Waals surface area contributed by atoms with Crippen molar-refractivity contribution in [3.05, 3.63) is 30.3 Å². The van der Waals surface area contributed by atoms with Crippen LogP contribution >= 0.6 is 0 Å². The molecular formula is C6H6N3. The Morgan fingerprint density at radius 3 is 2.89 bits per heavy atom. The van der Waals surface area contributed by atoms with Crippen molar-refractivity contribution >= 4 is 5.69 Å². The molecular weight excluding hydrogens is 114 g/mol. The third kappa shape index (κ3) is 1.53. The fraction of sp³-hybridized carbons (Fsp3) is 0. The Kier molecular flexibility index (Phi) is 1.80. The molecule has 1 aromatic rings. The van der Waals surface area contributed by atoms with Crippen LogP contribution in [0.2, 0.25) is 0 Å². The van der Waals surface area contributed by atoms with Crippen LogP contribution in [0, 0.1) is 6.07 Å². The topological polar surface area (TPSA) is 50.7 Å². The van der Waals surface area contributed by atoms with Gasteiger partial charge in [-0.3, -0.25) is 0 Å². The van der Waals surface area contributed by atoms with Gasteiger partial charge in [-0.25, -0.2) is 0 Å². The summed E-state index contributed by atoms with van der Waals surface area (Å²) in [7, 11) is 0. The maximum Gasteiger partial charge on any atom is 0.0953 e. The van der Waals surface area contributed by atoms with Gasteiger partial charge in [0.2, 0.25) is 0 Å². The van der Waals surface area contributed by atoms with Crippen molar-refractivity contribution < 1.29 is 0 Å². The van der Waals surface area contributed by atoms with E-state index in [2.05, 4.69) is 16.4 Å². The molecule has 3 heteroatoms. The van der Waals surface area contributed by atoms with E-state index in [4.69, 9.17) is 5.84 Å². The molecule has 0 fully saturated rings. The zero-order chi connectivity index (χ0) is 6.53. The molecule has 0 bridgehead atoms. The van der Waals surface area contributed by atoms with Crippen LogP contribution in [0.4, 0.5) is 5.69 Å². The summed E-state index contributed by atoms with van der Waals surface area (Å²) in [5.41, 5.74) is 0.653. The van der Waals surface area contributed by atoms with Gasteiger partial charge in [-0.2, -0.15) is 0 Å². The van der Waals surface area contributed by atoms with E-state index in [1.807, 2.05) is 12.1 Å². The molecule has 0 heterocycles. The van der Waals surface area contributed by atoms with Crippen molar-refractivity contribution in [1.82, 2.24) is 0 Å². The fourth-order valence-corrected chi connectivity index (χ4v) is 0.508. The number of nitrogens with zero attached hydrogens (tertiary/aromatic N) is 2. The van der Waals surface area contributed by atoms with Crippen LogP contribution in [-0.2, 0) is 0 Å². The summed E-state index contributed by atoms with van der Waals surface area (Å²) in [4.78, 5) is 0. The third-order valence-electron chi connectivity index (χ3n) is 0.858. The maximum absolute atomic E-state index is 4.80. The molecule has 0 atom stereocenters. The number of hydrogen-bond donors (Lipinski definition) is 1. The van der Waals surface area contributed by atoms with Crippen molar-refractivity contribution in [2.24, 2.45) is 16.2 Å². The molecule has 9 heavy (non-hydrogen) atoms. The first-order chi connectivity index (χ1) is 4.43. The lowest BCUT2D eigenvalue weighted by molar-refractivity contribution is 1.06. The van der Waals surface area contributed by atoms with Crippen molar-refractivity contribution in [2.75, 3.05) is 0 Å². The summed E-state index contributed by atoms with van der Waals surface area (Å²) in [6.07, 6.45) is 0. The highest BCUT2D eigenvalue weighted by Gasteiger charge is 1.81. The molecule has 0 unspecified atom stereocenters. The van der Waals surface area contributed by atoms with Crippen LogP contribution in [0.25, 0.3) is 0 Å². The lowest BCUT2D eigenvalue weighted by atomic mass is 10.3. The van der Waals surface area contributed by atoms with Gasteiger partial charge >= 0.3 is 0 Å². The number of hydrogen-bond acceptors (Lipinski definition) is 2. The molecule has 0 saturated carbocycles. The van der Waals surface area contributed by atoms with Crippen LogP contribution in [0.3, 0.4) is 0 Å². The molecule has 0 aliphatic carbocycles. The lowest BCUT2D eigenvalue weighted by Crippen LogP contribution is -1.72. The van der Waals surface area contributed by atoms with E-state index in [0.717, 1.165) is 0 Å². The minimum Gasteiger partial charge on any atom is -0.305 e. The molecule has 0 amide bonds. The maximum atomic E-state index is 4.80. The highest BCUT2D eigenvalue weighted by atomic mass is 15.3. The van der Waals surface area contributed by atoms with Gasteiger partial charge in [0.1, 0.15) is 0 Å². The molecule has 1 rings (SSSR count). The molecule has 3 nitrogen and oxygen atoms in total. The SMILES string of the molecule is NN=Nc1[c]cccc1. The van der Waals surface area contributed by atoms with E-state index in [0.29, 0.717) is 5.69 Å². The highest BCUT2D eigenvalue weighted by Crippen LogP contribution is 2.07. The Balaban J connectivity index is 2.85. The summed E-state index contributed by atoms with van der Waals surface area (Å²) >= 11 is 0. The fourth-order valence-electron chi connectivity index (χ4n) is 0.508. The Hall–Kier alpha value is -1.38. The van der Waals surface area contributed by atoms with Gasteiger partial charge in [-0.1, -0.05) is 23.4 Å². The van der Waals surface area contributed by atoms with Gasteiger partial charge < -0.3 is 5.84 Å². The van der Waals surface area contributed by atoms with E-state index in [9.17, 15) is 0 Å². The van der Waals surface area contributed by atoms with Gasteiger partial charge in [0.05, 0.1) is 5.69 Å². The first-order valence-electron chi connectivity index (χ1n) is 2.51. The largest absolute Gasteiger partial charge is 0.305 e. The van der Waals surface area contributed by atoms with Gasteiger partial charge in [-0.05, 0) is 6.07 Å². The highest BCUT2D eigenvalue weighted by molar-refractivity contribution is 5.32. The van der Waals surface area contributed by atoms with Crippen molar-refractivity contribution in [3.63, 3.8) is 0 Å². The van der Waals surface area contributed by atoms with Crippen LogP contribution in [0.15, 0.2) is 34.6 Å². The minimum absolute atomic E-state index is 0.653. The van der Waals surface area contributed by atoms with Crippen molar-refractivity contribution in [3.8, 4) is 0 Å². The standard InChI is InChI=1S/C6H6N3/c7-9-8-6-4-2-1-3-5-6/h1-4H,(H2,7,8). The van der Waals surface area contributed by atoms with Crippen LogP contribution in [0.1, 0.15) is 0 Å². The summed E-state index contributed by atoms with van der Waals surface area (Å²) in [5.74, 6) is 4.80. The van der Waals surface area contributed by atoms with E-state index >= 15 is 0 Å². The summed E-state index contributed by atoms with van der Waals surface area (Å²) in [5, 5.41) is 6.65. The zero-order valence-electron chi connectivity index (χ0n) is 4.78. The minimum atomic E-state index is 0.653. The zero-order valence-corrected chi connectivity index (χ0v) is 4.78. The Morgan fingerprint density at radius 2 is 2.33 bits per heavy atom. The first kappa shape index (κ1) is 5.75. The predicted octanol–water partition coefficient (Wildman–Crippen LogP) is 1.44. The molecule has 1 radical (unpaired) electrons. The Morgan fingerprint density at radius 1 is 1.44 bits per heavy atom. The molecule has 1 aromatic carbocycles. The summed E-state index contributed by atoms with van der Waals surface area (Å²) in [6.45, 7) is 0. The summed E-state index contributed by atoms with van der Waals surface area (Å²) in [6, 6.07) is 10.1. The normalized spacial score (nSPS) is 10.2. The monoisotopic (exact) mass is 120 g/mol. The van der Waals surface area contributed by atoms with Crippen molar-refractivity contribution in [1.29, 1.82) is 0 Å². The summed E-state index contributed by atoms with van der Waals surface area (Å²) < 4.78 is 0. The molecule has 0 aliphatic heterocycles. The van der Waals surface area contributed by atoms with E-state index in [1.54, 1.807) is 12.1 Å². The average Bonchev–Trinajstić information content (AvgIpc) is 1.91. The average molecular weight is 120 g/mol. The van der Waals surface area contributed by atoms with Gasteiger partial charge in [0.15, 0.2) is 0 Å². The second-order valence-corrected chi connectivity index (χ2v) is 1.46. The smallest absolute Gasteiger partial charge is 0.0953 e. The van der Waals surface area contributed by atoms with Crippen LogP contribution in [0.5, 0.6) is 0 Å². The quantitative estimate of drug-likeness (QED) is 0.340. The number of nitrogens with two attached hydrogens (primary N) is 1. The molecule has 0 saturated heterocycles. The van der Waals surface area contributed by atoms with Gasteiger partial charge in [0, 0.05) is 6.07 Å². The van der Waals surface area contributed by atoms with Crippen LogP contribution in [-0.4, -0.2) is 0 Å². The molecule has 45 valence electrons. The van der Waals surface area contributed by atoms with E-state index < -0.39 is 0 Å². The molecule has 0 aliphatic rings. The van der Waals surface area contributed by atoms with E-state index in [-0.39, 0.29) is 0 Å². The van der Waals surface area contributed by atoms with E-state index in [1.165, 1.54) is 0 Å². The van der Waals surface area contributed by atoms with Crippen molar-refractivity contribution in [2.45, 2.75) is 0 Å². The van der Waals surface area contributed by atoms with Crippen LogP contribution < -0.4 is 5.84 Å². The lowest BCUT2D eigenvalue weighted by Gasteiger charge is -1.84. The molecule has 2 N–H and O–H groups in total. The van der Waals surface area contributed by atoms with Gasteiger partial charge in [-0.15, -0.1) is 5.11 Å². The second kappa shape index (κ2) is 2.81. The Labute approximate surface area is 53.2 Å². The van der Waals surface area contributed by atoms with Gasteiger partial charge in [0.25, 0.3) is 0 Å². The third-order valence-corrected chi connectivity index (χ3v) is 0.858. The number of benzene rings is 1. The predicted molar refractivity (Wildman–Crippen MR) is 34.0 cm³/mol. The number of rotatable bonds is 1.